The van der Waals surface area contributed by atoms with E-state index in [4.69, 9.17) is 10.5 Å². The van der Waals surface area contributed by atoms with Crippen LogP contribution in [-0.2, 0) is 9.53 Å². The Morgan fingerprint density at radius 2 is 2.05 bits per heavy atom. The number of nitrogens with two attached hydrogens (primary N) is 1. The van der Waals surface area contributed by atoms with E-state index in [1.165, 1.54) is 0 Å². The molecule has 1 aliphatic heterocycles. The molecule has 1 atom stereocenters. The van der Waals surface area contributed by atoms with Crippen LogP contribution in [0.1, 0.15) is 6.42 Å². The Morgan fingerprint density at radius 3 is 2.67 bits per heavy atom. The highest BCUT2D eigenvalue weighted by Gasteiger charge is 2.14. The summed E-state index contributed by atoms with van der Waals surface area (Å²) in [5, 5.41) is 2.86. The number of carbonyl (C=O) groups is 1. The molecule has 0 radical (unpaired) electrons. The van der Waals surface area contributed by atoms with Crippen LogP contribution in [0.15, 0.2) is 24.3 Å². The van der Waals surface area contributed by atoms with E-state index in [-0.39, 0.29) is 5.91 Å². The molecule has 116 valence electrons. The molecule has 1 aliphatic rings. The fourth-order valence-electron chi connectivity index (χ4n) is 2.19. The molecule has 5 nitrogen and oxygen atoms in total. The van der Waals surface area contributed by atoms with E-state index < -0.39 is 6.04 Å². The fraction of sp³-hybridized carbons (Fsp3) is 0.533. The highest BCUT2D eigenvalue weighted by atomic mass is 32.2. The van der Waals surface area contributed by atoms with Crippen molar-refractivity contribution in [1.29, 1.82) is 0 Å². The van der Waals surface area contributed by atoms with Crippen molar-refractivity contribution < 1.29 is 9.53 Å². The molecule has 1 saturated heterocycles. The van der Waals surface area contributed by atoms with Crippen LogP contribution in [0, 0.1) is 0 Å². The van der Waals surface area contributed by atoms with Crippen molar-refractivity contribution in [3.8, 4) is 0 Å². The second kappa shape index (κ2) is 8.26. The van der Waals surface area contributed by atoms with E-state index in [1.54, 1.807) is 11.8 Å². The summed E-state index contributed by atoms with van der Waals surface area (Å²) in [6.45, 7) is 3.35. The molecule has 3 N–H and O–H groups in total. The zero-order valence-electron chi connectivity index (χ0n) is 12.4. The third-order valence-corrected chi connectivity index (χ3v) is 4.12. The van der Waals surface area contributed by atoms with Crippen molar-refractivity contribution in [1.82, 2.24) is 0 Å². The van der Waals surface area contributed by atoms with Crippen LogP contribution in [0.3, 0.4) is 0 Å². The Bertz CT molecular complexity index is 447. The van der Waals surface area contributed by atoms with Crippen LogP contribution in [0.5, 0.6) is 0 Å². The number of nitrogens with zero attached hydrogens (tertiary/aromatic N) is 1. The number of thioether (sulfide) groups is 1. The van der Waals surface area contributed by atoms with Gasteiger partial charge in [-0.15, -0.1) is 0 Å². The zero-order valence-corrected chi connectivity index (χ0v) is 13.2. The first-order chi connectivity index (χ1) is 10.2. The van der Waals surface area contributed by atoms with Crippen LogP contribution >= 0.6 is 11.8 Å². The van der Waals surface area contributed by atoms with Gasteiger partial charge in [-0.1, -0.05) is 0 Å². The molecule has 6 heteroatoms. The first-order valence-corrected chi connectivity index (χ1v) is 8.58. The van der Waals surface area contributed by atoms with Gasteiger partial charge in [0.2, 0.25) is 5.91 Å². The lowest BCUT2D eigenvalue weighted by Crippen LogP contribution is -2.36. The Morgan fingerprint density at radius 1 is 1.38 bits per heavy atom. The summed E-state index contributed by atoms with van der Waals surface area (Å²) >= 11 is 1.70. The van der Waals surface area contributed by atoms with Crippen molar-refractivity contribution >= 4 is 29.0 Å². The summed E-state index contributed by atoms with van der Waals surface area (Å²) in [6.07, 6.45) is 2.70. The Hall–Kier alpha value is -1.24. The van der Waals surface area contributed by atoms with Crippen molar-refractivity contribution in [3.63, 3.8) is 0 Å². The molecule has 1 aromatic rings. The van der Waals surface area contributed by atoms with E-state index in [2.05, 4.69) is 10.2 Å². The van der Waals surface area contributed by atoms with Crippen LogP contribution in [0.4, 0.5) is 11.4 Å². The van der Waals surface area contributed by atoms with Crippen molar-refractivity contribution in [2.75, 3.05) is 48.5 Å². The van der Waals surface area contributed by atoms with Gasteiger partial charge in [0.1, 0.15) is 0 Å². The van der Waals surface area contributed by atoms with Gasteiger partial charge in [0.05, 0.1) is 19.3 Å². The lowest BCUT2D eigenvalue weighted by molar-refractivity contribution is -0.117. The summed E-state index contributed by atoms with van der Waals surface area (Å²) in [6, 6.07) is 7.44. The van der Waals surface area contributed by atoms with Crippen LogP contribution in [0.25, 0.3) is 0 Å². The summed E-state index contributed by atoms with van der Waals surface area (Å²) in [4.78, 5) is 14.2. The first kappa shape index (κ1) is 16.1. The van der Waals surface area contributed by atoms with Gasteiger partial charge in [0, 0.05) is 24.5 Å². The average molecular weight is 309 g/mol. The molecular weight excluding hydrogens is 286 g/mol. The molecule has 0 aliphatic carbocycles. The normalized spacial score (nSPS) is 16.6. The van der Waals surface area contributed by atoms with Crippen molar-refractivity contribution in [2.45, 2.75) is 12.5 Å². The maximum atomic E-state index is 11.9. The minimum atomic E-state index is -0.448. The van der Waals surface area contributed by atoms with Crippen LogP contribution in [-0.4, -0.2) is 50.3 Å². The second-order valence-corrected chi connectivity index (χ2v) is 6.01. The summed E-state index contributed by atoms with van der Waals surface area (Å²) in [7, 11) is 0. The van der Waals surface area contributed by atoms with E-state index in [9.17, 15) is 4.79 Å². The number of nitrogens with one attached hydrogen (secondary N) is 1. The highest BCUT2D eigenvalue weighted by molar-refractivity contribution is 7.98. The van der Waals surface area contributed by atoms with E-state index in [1.807, 2.05) is 30.5 Å². The third kappa shape index (κ3) is 4.91. The van der Waals surface area contributed by atoms with Crippen molar-refractivity contribution in [2.24, 2.45) is 5.73 Å². The topological polar surface area (TPSA) is 67.6 Å². The van der Waals surface area contributed by atoms with E-state index in [0.29, 0.717) is 6.42 Å². The van der Waals surface area contributed by atoms with Crippen molar-refractivity contribution in [3.05, 3.63) is 24.3 Å². The number of hydrogen-bond donors (Lipinski definition) is 2. The summed E-state index contributed by atoms with van der Waals surface area (Å²) in [5.41, 5.74) is 7.79. The standard InChI is InChI=1S/C15H23N3O2S/c1-21-11-6-14(16)15(19)17-12-2-4-13(5-3-12)18-7-9-20-10-8-18/h2-5,14H,6-11,16H2,1H3,(H,17,19)/t14-/m1/s1. The fourth-order valence-corrected chi connectivity index (χ4v) is 2.68. The summed E-state index contributed by atoms with van der Waals surface area (Å²) in [5.74, 6) is 0.771. The molecule has 1 fully saturated rings. The number of amides is 1. The molecule has 1 aromatic carbocycles. The summed E-state index contributed by atoms with van der Waals surface area (Å²) < 4.78 is 5.34. The second-order valence-electron chi connectivity index (χ2n) is 5.02. The third-order valence-electron chi connectivity index (χ3n) is 3.48. The molecule has 0 saturated carbocycles. The van der Waals surface area contributed by atoms with Gasteiger partial charge < -0.3 is 20.7 Å². The van der Waals surface area contributed by atoms with Gasteiger partial charge in [-0.25, -0.2) is 0 Å². The number of morpholine rings is 1. The molecule has 2 rings (SSSR count). The maximum Gasteiger partial charge on any atom is 0.241 e. The molecular formula is C15H23N3O2S. The highest BCUT2D eigenvalue weighted by Crippen LogP contribution is 2.19. The Labute approximate surface area is 130 Å². The molecule has 1 amide bonds. The molecule has 0 spiro atoms. The minimum Gasteiger partial charge on any atom is -0.378 e. The number of benzene rings is 1. The molecule has 0 bridgehead atoms. The predicted octanol–water partition coefficient (Wildman–Crippen LogP) is 1.54. The van der Waals surface area contributed by atoms with Crippen LogP contribution in [0.2, 0.25) is 0 Å². The number of rotatable bonds is 6. The molecule has 0 aromatic heterocycles. The first-order valence-electron chi connectivity index (χ1n) is 7.19. The number of hydrogen-bond acceptors (Lipinski definition) is 5. The van der Waals surface area contributed by atoms with Gasteiger partial charge in [0.25, 0.3) is 0 Å². The van der Waals surface area contributed by atoms with Gasteiger partial charge in [-0.3, -0.25) is 4.79 Å². The lowest BCUT2D eigenvalue weighted by Gasteiger charge is -2.28. The molecule has 0 unspecified atom stereocenters. The minimum absolute atomic E-state index is 0.122. The molecule has 1 heterocycles. The quantitative estimate of drug-likeness (QED) is 0.834. The molecule has 21 heavy (non-hydrogen) atoms. The van der Waals surface area contributed by atoms with Gasteiger partial charge in [-0.2, -0.15) is 11.8 Å². The van der Waals surface area contributed by atoms with E-state index in [0.717, 1.165) is 43.4 Å². The number of ether oxygens (including phenoxy) is 1. The van der Waals surface area contributed by atoms with Crippen LogP contribution < -0.4 is 16.0 Å². The number of carbonyl (C=O) groups excluding carboxylic acids is 1. The monoisotopic (exact) mass is 309 g/mol. The maximum absolute atomic E-state index is 11.9. The smallest absolute Gasteiger partial charge is 0.241 e. The Kier molecular flexibility index (Phi) is 6.35. The predicted molar refractivity (Wildman–Crippen MR) is 89.1 cm³/mol. The van der Waals surface area contributed by atoms with E-state index >= 15 is 0 Å². The average Bonchev–Trinajstić information content (AvgIpc) is 2.54. The van der Waals surface area contributed by atoms with Gasteiger partial charge >= 0.3 is 0 Å². The van der Waals surface area contributed by atoms with Gasteiger partial charge in [0.15, 0.2) is 0 Å². The zero-order chi connectivity index (χ0) is 15.1. The Balaban J connectivity index is 1.88. The lowest BCUT2D eigenvalue weighted by atomic mass is 10.2. The largest absolute Gasteiger partial charge is 0.378 e. The number of anilines is 2. The van der Waals surface area contributed by atoms with Gasteiger partial charge in [-0.05, 0) is 42.7 Å². The SMILES string of the molecule is CSCC[C@@H](N)C(=O)Nc1ccc(N2CCOCC2)cc1.